The van der Waals surface area contributed by atoms with Crippen molar-refractivity contribution in [3.8, 4) is 0 Å². The van der Waals surface area contributed by atoms with Gasteiger partial charge in [0.05, 0.1) is 19.3 Å². The number of carbonyl (C=O) groups excluding carboxylic acids is 1. The van der Waals surface area contributed by atoms with Gasteiger partial charge in [-0.05, 0) is 90.8 Å². The van der Waals surface area contributed by atoms with Crippen molar-refractivity contribution in [2.45, 2.75) is 167 Å². The number of aliphatic carboxylic acids is 1. The summed E-state index contributed by atoms with van der Waals surface area (Å²) in [6, 6.07) is 0. The first-order valence-electron chi connectivity index (χ1n) is 20.9. The van der Waals surface area contributed by atoms with E-state index in [0.29, 0.717) is 19.3 Å². The first-order valence-corrected chi connectivity index (χ1v) is 20.9. The Morgan fingerprint density at radius 1 is 0.789 bits per heavy atom. The molecule has 2 saturated heterocycles. The lowest BCUT2D eigenvalue weighted by atomic mass is 9.33. The predicted molar refractivity (Wildman–Crippen MR) is 200 cm³/mol. The molecule has 0 unspecified atom stereocenters. The number of hydrogen-bond acceptors (Lipinski definition) is 14. The summed E-state index contributed by atoms with van der Waals surface area (Å²) in [5, 5.41) is 94.8. The minimum Gasteiger partial charge on any atom is -0.479 e. The zero-order valence-electron chi connectivity index (χ0n) is 34.1. The minimum absolute atomic E-state index is 0.0268. The summed E-state index contributed by atoms with van der Waals surface area (Å²) in [5.41, 5.74) is -1.02. The van der Waals surface area contributed by atoms with E-state index in [1.54, 1.807) is 0 Å². The summed E-state index contributed by atoms with van der Waals surface area (Å²) in [6.45, 7) is 12.2. The second kappa shape index (κ2) is 14.8. The van der Waals surface area contributed by atoms with Gasteiger partial charge in [-0.2, -0.15) is 0 Å². The van der Waals surface area contributed by atoms with E-state index in [1.165, 1.54) is 5.57 Å². The van der Waals surface area contributed by atoms with Crippen LogP contribution in [0.25, 0.3) is 0 Å². The number of aliphatic hydroxyl groups is 8. The summed E-state index contributed by atoms with van der Waals surface area (Å²) >= 11 is 0. The van der Waals surface area contributed by atoms with E-state index in [9.17, 15) is 55.5 Å². The zero-order valence-corrected chi connectivity index (χ0v) is 34.1. The molecule has 4 saturated carbocycles. The van der Waals surface area contributed by atoms with Crippen molar-refractivity contribution < 1.29 is 74.5 Å². The summed E-state index contributed by atoms with van der Waals surface area (Å²) in [7, 11) is 0. The number of ketones is 1. The van der Waals surface area contributed by atoms with E-state index < -0.39 is 96.3 Å². The Labute approximate surface area is 334 Å². The summed E-state index contributed by atoms with van der Waals surface area (Å²) in [6.07, 6.45) is -9.51. The molecule has 2 aliphatic heterocycles. The molecule has 15 nitrogen and oxygen atoms in total. The van der Waals surface area contributed by atoms with E-state index in [2.05, 4.69) is 33.8 Å². The van der Waals surface area contributed by atoms with Gasteiger partial charge in [-0.15, -0.1) is 0 Å². The number of carbonyl (C=O) groups is 2. The van der Waals surface area contributed by atoms with Crippen LogP contribution < -0.4 is 0 Å². The standard InChI is InChI=1S/C42H66O15/c1-37(18-44)15-21-20-7-8-24-39(3)11-10-26(40(4,19-45)23(39)9-12-42(24,6)41(20,5)14-13-38(21,2)25(46)16-37)55-36-33(30(50)29(49)32(56-36)34(52)53)57-35-31(51)28(48)27(47)22(17-43)54-35/h7,21-24,26-33,35-36,43-45,47-51H,8-19H2,1-6H3,(H,52,53)/t21-,22+,23+,24+,26-,27+,28-,29-,30-,31+,32-,33+,35-,36+,37+,38+,39-,40+,41+,42+/m0/s1. The molecule has 20 atom stereocenters. The SMILES string of the molecule is C[C@]1(CO)CC(=O)[C@]2(C)CC[C@]3(C)C(=CC[C@@H]4[C@@]5(C)CC[C@H](O[C@@H]6O[C@H](C(=O)O)[C@@H](O)[C@H](O)[C@H]6O[C@@H]6O[C@H](CO)[C@@H](O)[C@H](O)[C@H]6O)[C@](C)(CO)[C@@H]5CC[C@]43C)[C@@H]2C1. The van der Waals surface area contributed by atoms with Gasteiger partial charge >= 0.3 is 5.97 Å². The quantitative estimate of drug-likeness (QED) is 0.123. The molecule has 324 valence electrons. The molecule has 57 heavy (non-hydrogen) atoms. The highest BCUT2D eigenvalue weighted by molar-refractivity contribution is 5.87. The number of allylic oxidation sites excluding steroid dienone is 2. The fourth-order valence-corrected chi connectivity index (χ4v) is 13.5. The van der Waals surface area contributed by atoms with Crippen LogP contribution in [-0.2, 0) is 28.5 Å². The van der Waals surface area contributed by atoms with Crippen molar-refractivity contribution in [2.24, 2.45) is 50.2 Å². The molecule has 2 heterocycles. The van der Waals surface area contributed by atoms with Crippen LogP contribution in [-0.4, -0.2) is 145 Å². The summed E-state index contributed by atoms with van der Waals surface area (Å²) in [5.74, 6) is -1.10. The first kappa shape index (κ1) is 43.5. The number of ether oxygens (including phenoxy) is 4. The Hall–Kier alpha value is -1.60. The van der Waals surface area contributed by atoms with Gasteiger partial charge in [0.25, 0.3) is 0 Å². The fraction of sp³-hybridized carbons (Fsp3) is 0.905. The molecule has 0 aromatic carbocycles. The normalized spacial score (nSPS) is 55.1. The van der Waals surface area contributed by atoms with Crippen LogP contribution >= 0.6 is 0 Å². The van der Waals surface area contributed by atoms with Gasteiger partial charge in [-0.1, -0.05) is 53.2 Å². The van der Waals surface area contributed by atoms with Crippen LogP contribution in [0.3, 0.4) is 0 Å². The van der Waals surface area contributed by atoms with E-state index in [-0.39, 0.29) is 53.0 Å². The zero-order chi connectivity index (χ0) is 41.8. The molecule has 6 fully saturated rings. The molecule has 0 spiro atoms. The summed E-state index contributed by atoms with van der Waals surface area (Å²) < 4.78 is 23.8. The van der Waals surface area contributed by atoms with Crippen molar-refractivity contribution in [1.82, 2.24) is 0 Å². The Bertz CT molecular complexity index is 1590. The predicted octanol–water partition coefficient (Wildman–Crippen LogP) is 1.03. The van der Waals surface area contributed by atoms with Gasteiger partial charge < -0.3 is 64.9 Å². The lowest BCUT2D eigenvalue weighted by Crippen LogP contribution is -2.68. The molecule has 0 aromatic rings. The molecule has 5 aliphatic carbocycles. The maximum atomic E-state index is 13.8. The van der Waals surface area contributed by atoms with Crippen LogP contribution in [0.2, 0.25) is 0 Å². The number of Topliss-reactive ketones (excluding diaryl/α,β-unsaturated/α-hetero) is 1. The highest BCUT2D eigenvalue weighted by atomic mass is 16.8. The molecule has 9 N–H and O–H groups in total. The molecular weight excluding hydrogens is 744 g/mol. The Morgan fingerprint density at radius 3 is 2.12 bits per heavy atom. The second-order valence-electron chi connectivity index (χ2n) is 20.4. The monoisotopic (exact) mass is 810 g/mol. The lowest BCUT2D eigenvalue weighted by molar-refractivity contribution is -0.375. The van der Waals surface area contributed by atoms with Gasteiger partial charge in [0.2, 0.25) is 0 Å². The van der Waals surface area contributed by atoms with E-state index in [0.717, 1.165) is 38.5 Å². The number of aliphatic hydroxyl groups excluding tert-OH is 8. The van der Waals surface area contributed by atoms with Crippen LogP contribution in [0.1, 0.15) is 99.3 Å². The van der Waals surface area contributed by atoms with Gasteiger partial charge in [-0.3, -0.25) is 4.79 Å². The highest BCUT2D eigenvalue weighted by Crippen LogP contribution is 2.75. The van der Waals surface area contributed by atoms with E-state index in [4.69, 9.17) is 18.9 Å². The second-order valence-corrected chi connectivity index (χ2v) is 20.4. The van der Waals surface area contributed by atoms with Gasteiger partial charge in [0, 0.05) is 23.9 Å². The molecule has 15 heteroatoms. The highest BCUT2D eigenvalue weighted by Gasteiger charge is 2.70. The van der Waals surface area contributed by atoms with E-state index in [1.807, 2.05) is 13.8 Å². The first-order chi connectivity index (χ1) is 26.6. The maximum Gasteiger partial charge on any atom is 0.335 e. The topological polar surface area (TPSA) is 253 Å². The molecule has 0 amide bonds. The Kier molecular flexibility index (Phi) is 11.3. The maximum absolute atomic E-state index is 13.8. The largest absolute Gasteiger partial charge is 0.479 e. The van der Waals surface area contributed by atoms with Crippen molar-refractivity contribution in [3.05, 3.63) is 11.6 Å². The van der Waals surface area contributed by atoms with Crippen LogP contribution in [0.15, 0.2) is 11.6 Å². The van der Waals surface area contributed by atoms with Crippen molar-refractivity contribution in [2.75, 3.05) is 19.8 Å². The number of carboxylic acid groups (broad SMARTS) is 1. The third-order valence-corrected chi connectivity index (χ3v) is 17.4. The number of fused-ring (bicyclic) bond motifs is 7. The van der Waals surface area contributed by atoms with Crippen LogP contribution in [0, 0.1) is 50.2 Å². The molecular formula is C42H66O15. The van der Waals surface area contributed by atoms with Crippen molar-refractivity contribution >= 4 is 11.8 Å². The van der Waals surface area contributed by atoms with Gasteiger partial charge in [0.1, 0.15) is 48.5 Å². The van der Waals surface area contributed by atoms with Gasteiger partial charge in [0.15, 0.2) is 18.7 Å². The molecule has 0 radical (unpaired) electrons. The average molecular weight is 811 g/mol. The Balaban J connectivity index is 1.17. The third-order valence-electron chi connectivity index (χ3n) is 17.4. The number of carboxylic acids is 1. The lowest BCUT2D eigenvalue weighted by Gasteiger charge is -2.71. The fourth-order valence-electron chi connectivity index (χ4n) is 13.5. The molecule has 7 rings (SSSR count). The van der Waals surface area contributed by atoms with Crippen LogP contribution in [0.4, 0.5) is 0 Å². The molecule has 0 aromatic heterocycles. The third kappa shape index (κ3) is 6.35. The summed E-state index contributed by atoms with van der Waals surface area (Å²) in [4.78, 5) is 26.0. The van der Waals surface area contributed by atoms with Gasteiger partial charge in [-0.25, -0.2) is 4.79 Å². The Morgan fingerprint density at radius 2 is 1.49 bits per heavy atom. The average Bonchev–Trinajstić information content (AvgIpc) is 3.16. The molecule has 0 bridgehead atoms. The molecule has 7 aliphatic rings. The van der Waals surface area contributed by atoms with Crippen molar-refractivity contribution in [1.29, 1.82) is 0 Å². The minimum atomic E-state index is -1.99. The van der Waals surface area contributed by atoms with E-state index >= 15 is 0 Å². The number of hydrogen-bond donors (Lipinski definition) is 9. The number of rotatable bonds is 8. The van der Waals surface area contributed by atoms with Crippen LogP contribution in [0.5, 0.6) is 0 Å². The van der Waals surface area contributed by atoms with Crippen molar-refractivity contribution in [3.63, 3.8) is 0 Å². The smallest absolute Gasteiger partial charge is 0.335 e.